The second-order valence-corrected chi connectivity index (χ2v) is 11.2. The minimum Gasteiger partial charge on any atom is -0.462 e. The number of hydrogen-bond acceptors (Lipinski definition) is 10. The molecule has 4 aromatic rings. The van der Waals surface area contributed by atoms with Gasteiger partial charge in [-0.05, 0) is 48.4 Å². The van der Waals surface area contributed by atoms with Gasteiger partial charge in [0.2, 0.25) is 0 Å². The Morgan fingerprint density at radius 2 is 2.02 bits per heavy atom. The van der Waals surface area contributed by atoms with Crippen LogP contribution >= 0.6 is 23.1 Å². The number of amides is 1. The van der Waals surface area contributed by atoms with Crippen LogP contribution in [0.1, 0.15) is 43.6 Å². The first-order valence-corrected chi connectivity index (χ1v) is 14.2. The highest BCUT2D eigenvalue weighted by molar-refractivity contribution is 7.99. The van der Waals surface area contributed by atoms with Crippen LogP contribution in [-0.4, -0.2) is 49.6 Å². The van der Waals surface area contributed by atoms with Crippen molar-refractivity contribution in [3.63, 3.8) is 0 Å². The van der Waals surface area contributed by atoms with Crippen LogP contribution in [-0.2, 0) is 31.3 Å². The SMILES string of the molecule is CCOC(=O)c1c(NC(=O)c2ccc(Sc3nncn3C)c([N+](=O)[O-])c2)sc2c1CCN(Cc1ccccc1)C2. The fourth-order valence-corrected chi connectivity index (χ4v) is 6.59. The number of nitrogens with one attached hydrogen (secondary N) is 1. The zero-order valence-electron chi connectivity index (χ0n) is 21.8. The van der Waals surface area contributed by atoms with Crippen molar-refractivity contribution in [2.45, 2.75) is 36.5 Å². The Morgan fingerprint density at radius 3 is 2.73 bits per heavy atom. The lowest BCUT2D eigenvalue weighted by molar-refractivity contribution is -0.387. The van der Waals surface area contributed by atoms with Crippen LogP contribution in [0, 0.1) is 10.1 Å². The molecule has 5 rings (SSSR count). The quantitative estimate of drug-likeness (QED) is 0.167. The summed E-state index contributed by atoms with van der Waals surface area (Å²) in [4.78, 5) is 41.2. The summed E-state index contributed by atoms with van der Waals surface area (Å²) in [6.07, 6.45) is 2.14. The van der Waals surface area contributed by atoms with E-state index in [1.807, 2.05) is 18.2 Å². The third-order valence-electron chi connectivity index (χ3n) is 6.38. The number of thiophene rings is 1. The van der Waals surface area contributed by atoms with Gasteiger partial charge >= 0.3 is 5.97 Å². The minimum absolute atomic E-state index is 0.0981. The Kier molecular flexibility index (Phi) is 8.24. The van der Waals surface area contributed by atoms with Crippen LogP contribution in [0.5, 0.6) is 0 Å². The van der Waals surface area contributed by atoms with Crippen molar-refractivity contribution in [1.29, 1.82) is 0 Å². The number of esters is 1. The van der Waals surface area contributed by atoms with E-state index < -0.39 is 16.8 Å². The van der Waals surface area contributed by atoms with E-state index in [1.165, 1.54) is 41.4 Å². The first-order chi connectivity index (χ1) is 19.3. The Bertz CT molecular complexity index is 1570. The molecule has 0 radical (unpaired) electrons. The molecule has 0 fully saturated rings. The van der Waals surface area contributed by atoms with E-state index in [0.29, 0.717) is 33.6 Å². The number of hydrogen-bond donors (Lipinski definition) is 1. The maximum absolute atomic E-state index is 13.3. The normalized spacial score (nSPS) is 13.1. The molecule has 1 aliphatic rings. The predicted molar refractivity (Wildman–Crippen MR) is 151 cm³/mol. The number of anilines is 1. The highest BCUT2D eigenvalue weighted by Crippen LogP contribution is 2.39. The third kappa shape index (κ3) is 5.91. The van der Waals surface area contributed by atoms with Crippen molar-refractivity contribution in [2.75, 3.05) is 18.5 Å². The van der Waals surface area contributed by atoms with Gasteiger partial charge in [0.05, 0.1) is 22.0 Å². The molecular weight excluding hydrogens is 552 g/mol. The van der Waals surface area contributed by atoms with Crippen LogP contribution in [0.3, 0.4) is 0 Å². The first-order valence-electron chi connectivity index (χ1n) is 12.5. The molecule has 0 bridgehead atoms. The number of nitro groups is 1. The van der Waals surface area contributed by atoms with Crippen molar-refractivity contribution in [2.24, 2.45) is 7.05 Å². The topological polar surface area (TPSA) is 132 Å². The molecule has 0 aliphatic carbocycles. The molecule has 40 heavy (non-hydrogen) atoms. The molecule has 2 aromatic heterocycles. The molecule has 2 aromatic carbocycles. The fraction of sp³-hybridized carbons (Fsp3) is 0.259. The number of aromatic nitrogens is 3. The van der Waals surface area contributed by atoms with Crippen molar-refractivity contribution in [3.8, 4) is 0 Å². The van der Waals surface area contributed by atoms with E-state index >= 15 is 0 Å². The Labute approximate surface area is 238 Å². The molecule has 3 heterocycles. The number of ether oxygens (including phenoxy) is 1. The van der Waals surface area contributed by atoms with E-state index in [9.17, 15) is 19.7 Å². The lowest BCUT2D eigenvalue weighted by atomic mass is 10.0. The molecule has 0 saturated heterocycles. The standard InChI is InChI=1S/C27H26N6O5S2/c1-3-38-26(35)23-19-11-12-32(14-17-7-5-4-6-8-17)15-22(19)39-25(23)29-24(34)18-9-10-21(20(13-18)33(36)37)40-27-30-28-16-31(27)2/h4-10,13,16H,3,11-12,14-15H2,1-2H3,(H,29,34). The summed E-state index contributed by atoms with van der Waals surface area (Å²) in [5, 5.41) is 23.3. The molecule has 1 aliphatic heterocycles. The number of nitrogens with zero attached hydrogens (tertiary/aromatic N) is 5. The van der Waals surface area contributed by atoms with E-state index in [0.717, 1.165) is 35.3 Å². The Hall–Kier alpha value is -4.07. The van der Waals surface area contributed by atoms with Crippen molar-refractivity contribution in [3.05, 3.63) is 92.1 Å². The van der Waals surface area contributed by atoms with Crippen LogP contribution in [0.4, 0.5) is 10.7 Å². The molecule has 0 saturated carbocycles. The maximum Gasteiger partial charge on any atom is 0.341 e. The number of benzene rings is 2. The third-order valence-corrected chi connectivity index (χ3v) is 8.63. The van der Waals surface area contributed by atoms with Gasteiger partial charge in [-0.3, -0.25) is 19.8 Å². The molecule has 0 unspecified atom stereocenters. The number of aryl methyl sites for hydroxylation is 1. The molecule has 13 heteroatoms. The van der Waals surface area contributed by atoms with E-state index in [2.05, 4.69) is 32.5 Å². The van der Waals surface area contributed by atoms with Gasteiger partial charge in [0, 0.05) is 43.2 Å². The lowest BCUT2D eigenvalue weighted by Crippen LogP contribution is -2.29. The largest absolute Gasteiger partial charge is 0.462 e. The predicted octanol–water partition coefficient (Wildman–Crippen LogP) is 4.92. The average Bonchev–Trinajstić information content (AvgIpc) is 3.51. The summed E-state index contributed by atoms with van der Waals surface area (Å²) >= 11 is 2.42. The summed E-state index contributed by atoms with van der Waals surface area (Å²) in [6.45, 7) is 4.10. The van der Waals surface area contributed by atoms with Gasteiger partial charge in [0.25, 0.3) is 11.6 Å². The lowest BCUT2D eigenvalue weighted by Gasteiger charge is -2.27. The first kappa shape index (κ1) is 27.5. The van der Waals surface area contributed by atoms with Crippen molar-refractivity contribution in [1.82, 2.24) is 19.7 Å². The van der Waals surface area contributed by atoms with Gasteiger partial charge in [-0.25, -0.2) is 4.79 Å². The summed E-state index contributed by atoms with van der Waals surface area (Å²) in [6, 6.07) is 14.4. The second kappa shape index (κ2) is 12.0. The summed E-state index contributed by atoms with van der Waals surface area (Å²) in [5.41, 5.74) is 2.31. The van der Waals surface area contributed by atoms with Crippen molar-refractivity contribution < 1.29 is 19.2 Å². The van der Waals surface area contributed by atoms with Gasteiger partial charge in [-0.1, -0.05) is 30.3 Å². The van der Waals surface area contributed by atoms with Gasteiger partial charge in [0.15, 0.2) is 5.16 Å². The molecule has 0 spiro atoms. The Balaban J connectivity index is 1.40. The number of rotatable bonds is 9. The second-order valence-electron chi connectivity index (χ2n) is 9.09. The van der Waals surface area contributed by atoms with Gasteiger partial charge < -0.3 is 14.6 Å². The number of carbonyl (C=O) groups excluding carboxylic acids is 2. The van der Waals surface area contributed by atoms with E-state index in [1.54, 1.807) is 18.5 Å². The minimum atomic E-state index is -0.552. The highest BCUT2D eigenvalue weighted by atomic mass is 32.2. The zero-order valence-corrected chi connectivity index (χ0v) is 23.5. The summed E-state index contributed by atoms with van der Waals surface area (Å²) < 4.78 is 6.97. The summed E-state index contributed by atoms with van der Waals surface area (Å²) in [7, 11) is 1.73. The van der Waals surface area contributed by atoms with E-state index in [4.69, 9.17) is 4.74 Å². The molecule has 11 nitrogen and oxygen atoms in total. The Morgan fingerprint density at radius 1 is 1.23 bits per heavy atom. The molecular formula is C27H26N6O5S2. The van der Waals surface area contributed by atoms with Gasteiger partial charge in [-0.2, -0.15) is 0 Å². The van der Waals surface area contributed by atoms with Crippen LogP contribution in [0.2, 0.25) is 0 Å². The molecule has 1 N–H and O–H groups in total. The fourth-order valence-electron chi connectivity index (χ4n) is 4.47. The van der Waals surface area contributed by atoms with E-state index in [-0.39, 0.29) is 17.9 Å². The average molecular weight is 579 g/mol. The van der Waals surface area contributed by atoms with Crippen LogP contribution in [0.25, 0.3) is 0 Å². The molecule has 1 amide bonds. The number of carbonyl (C=O) groups is 2. The van der Waals surface area contributed by atoms with Gasteiger partial charge in [-0.15, -0.1) is 21.5 Å². The monoisotopic (exact) mass is 578 g/mol. The maximum atomic E-state index is 13.3. The number of fused-ring (bicyclic) bond motifs is 1. The van der Waals surface area contributed by atoms with Crippen LogP contribution < -0.4 is 5.32 Å². The molecule has 0 atom stereocenters. The smallest absolute Gasteiger partial charge is 0.341 e. The zero-order chi connectivity index (χ0) is 28.2. The summed E-state index contributed by atoms with van der Waals surface area (Å²) in [5.74, 6) is -1.04. The van der Waals surface area contributed by atoms with Crippen LogP contribution in [0.15, 0.2) is 64.9 Å². The number of nitro benzene ring substituents is 1. The highest BCUT2D eigenvalue weighted by Gasteiger charge is 2.30. The van der Waals surface area contributed by atoms with Crippen molar-refractivity contribution >= 4 is 45.7 Å². The molecule has 206 valence electrons. The van der Waals surface area contributed by atoms with Gasteiger partial charge in [0.1, 0.15) is 11.3 Å².